The van der Waals surface area contributed by atoms with E-state index in [0.717, 1.165) is 13.1 Å². The third-order valence-electron chi connectivity index (χ3n) is 3.79. The number of nitrogens with one attached hydrogen (secondary N) is 1. The Morgan fingerprint density at radius 1 is 1.12 bits per heavy atom. The fourth-order valence-corrected chi connectivity index (χ4v) is 2.57. The molecule has 1 N–H and O–H groups in total. The van der Waals surface area contributed by atoms with Crippen molar-refractivity contribution in [1.29, 1.82) is 0 Å². The monoisotopic (exact) mass is 332 g/mol. The highest BCUT2D eigenvalue weighted by atomic mass is 16.5. The molecular weight excluding hydrogens is 316 g/mol. The summed E-state index contributed by atoms with van der Waals surface area (Å²) in [6.07, 6.45) is 1.30. The van der Waals surface area contributed by atoms with Gasteiger partial charge >= 0.3 is 11.9 Å². The predicted octanol–water partition coefficient (Wildman–Crippen LogP) is 0.719. The molecule has 1 aliphatic heterocycles. The van der Waals surface area contributed by atoms with Crippen LogP contribution in [0.5, 0.6) is 0 Å². The molecule has 0 radical (unpaired) electrons. The van der Waals surface area contributed by atoms with Gasteiger partial charge in [-0.1, -0.05) is 0 Å². The van der Waals surface area contributed by atoms with E-state index in [1.807, 2.05) is 0 Å². The zero-order chi connectivity index (χ0) is 17.4. The van der Waals surface area contributed by atoms with Gasteiger partial charge in [0.25, 0.3) is 0 Å². The second-order valence-corrected chi connectivity index (χ2v) is 5.60. The summed E-state index contributed by atoms with van der Waals surface area (Å²) < 4.78 is 9.95. The molecule has 126 valence electrons. The number of rotatable bonds is 5. The Balaban J connectivity index is 2.00. The molecular formula is C16H16N2O6. The lowest BCUT2D eigenvalue weighted by atomic mass is 9.95. The van der Waals surface area contributed by atoms with Crippen molar-refractivity contribution in [3.8, 4) is 0 Å². The fraction of sp³-hybridized carbons (Fsp3) is 0.375. The second kappa shape index (κ2) is 5.95. The minimum absolute atomic E-state index is 0.134. The van der Waals surface area contributed by atoms with Gasteiger partial charge < -0.3 is 19.4 Å². The number of ketones is 2. The lowest BCUT2D eigenvalue weighted by molar-refractivity contribution is -0.144. The van der Waals surface area contributed by atoms with E-state index in [-0.39, 0.29) is 36.0 Å². The molecule has 8 heteroatoms. The first-order chi connectivity index (χ1) is 11.4. The van der Waals surface area contributed by atoms with Crippen molar-refractivity contribution in [2.75, 3.05) is 13.1 Å². The summed E-state index contributed by atoms with van der Waals surface area (Å²) in [5.41, 5.74) is 1.41. The first kappa shape index (κ1) is 16.0. The molecule has 0 aromatic carbocycles. The van der Waals surface area contributed by atoms with Crippen LogP contribution in [0.15, 0.2) is 11.8 Å². The Kier molecular flexibility index (Phi) is 3.96. The zero-order valence-electron chi connectivity index (χ0n) is 13.3. The van der Waals surface area contributed by atoms with Gasteiger partial charge in [-0.2, -0.15) is 0 Å². The number of nitrogens with zero attached hydrogens (tertiary/aromatic N) is 1. The van der Waals surface area contributed by atoms with E-state index in [1.54, 1.807) is 4.90 Å². The lowest BCUT2D eigenvalue weighted by Gasteiger charge is -2.14. The van der Waals surface area contributed by atoms with Gasteiger partial charge in [0.05, 0.1) is 22.6 Å². The third kappa shape index (κ3) is 2.94. The molecule has 0 amide bonds. The number of allylic oxidation sites excluding steroid dienone is 2. The van der Waals surface area contributed by atoms with Crippen LogP contribution in [0, 0.1) is 0 Å². The number of aromatic nitrogens is 1. The first-order valence-electron chi connectivity index (χ1n) is 7.44. The summed E-state index contributed by atoms with van der Waals surface area (Å²) in [4.78, 5) is 51.8. The topological polar surface area (TPSA) is 106 Å². The van der Waals surface area contributed by atoms with Crippen molar-refractivity contribution in [3.05, 3.63) is 34.3 Å². The molecule has 1 fully saturated rings. The Labute approximate surface area is 137 Å². The minimum atomic E-state index is -0.514. The highest BCUT2D eigenvalue weighted by Crippen LogP contribution is 2.31. The van der Waals surface area contributed by atoms with Crippen molar-refractivity contribution < 1.29 is 28.7 Å². The average molecular weight is 332 g/mol. The van der Waals surface area contributed by atoms with Crippen molar-refractivity contribution in [1.82, 2.24) is 9.88 Å². The normalized spacial score (nSPS) is 15.8. The maximum absolute atomic E-state index is 12.7. The van der Waals surface area contributed by atoms with Gasteiger partial charge in [-0.25, -0.2) is 0 Å². The Bertz CT molecular complexity index is 785. The van der Waals surface area contributed by atoms with E-state index in [0.29, 0.717) is 17.0 Å². The number of aromatic amines is 1. The molecule has 1 aromatic heterocycles. The molecule has 8 nitrogen and oxygen atoms in total. The van der Waals surface area contributed by atoms with E-state index in [4.69, 9.17) is 9.47 Å². The number of carbonyl (C=O) groups is 4. The quantitative estimate of drug-likeness (QED) is 0.625. The largest absolute Gasteiger partial charge is 0.461 e. The highest BCUT2D eigenvalue weighted by Gasteiger charge is 2.37. The Morgan fingerprint density at radius 3 is 2.33 bits per heavy atom. The maximum Gasteiger partial charge on any atom is 0.303 e. The molecule has 0 bridgehead atoms. The molecule has 2 heterocycles. The Morgan fingerprint density at radius 2 is 1.75 bits per heavy atom. The lowest BCUT2D eigenvalue weighted by Crippen LogP contribution is -2.21. The first-order valence-corrected chi connectivity index (χ1v) is 7.44. The smallest absolute Gasteiger partial charge is 0.303 e. The summed E-state index contributed by atoms with van der Waals surface area (Å²) in [7, 11) is 0. The van der Waals surface area contributed by atoms with Gasteiger partial charge in [-0.15, -0.1) is 0 Å². The average Bonchev–Trinajstić information content (AvgIpc) is 3.27. The maximum atomic E-state index is 12.7. The van der Waals surface area contributed by atoms with Crippen LogP contribution in [-0.4, -0.2) is 46.5 Å². The molecule has 3 rings (SSSR count). The van der Waals surface area contributed by atoms with Gasteiger partial charge in [0.1, 0.15) is 13.2 Å². The molecule has 1 aliphatic carbocycles. The van der Waals surface area contributed by atoms with Crippen LogP contribution >= 0.6 is 0 Å². The van der Waals surface area contributed by atoms with Crippen molar-refractivity contribution in [3.63, 3.8) is 0 Å². The molecule has 2 aliphatic rings. The van der Waals surface area contributed by atoms with Gasteiger partial charge in [0.15, 0.2) is 0 Å². The van der Waals surface area contributed by atoms with Crippen LogP contribution in [0.4, 0.5) is 0 Å². The standard InChI is InChI=1S/C16H16N2O6/c1-8(19)23-6-10-11(7-24-9(2)20)17-15-13(21)5-12(18-3-4-18)16(22)14(10)15/h5,17H,3-4,6-7H2,1-2H3. The number of Topliss-reactive ketones (excluding diaryl/α,β-unsaturated/α-hetero) is 1. The number of esters is 2. The molecule has 1 aromatic rings. The SMILES string of the molecule is CC(=O)OCc1[nH]c2c(c1COC(C)=O)C(=O)C(N1CC1)=CC2=O. The molecule has 0 atom stereocenters. The highest BCUT2D eigenvalue weighted by molar-refractivity contribution is 6.24. The van der Waals surface area contributed by atoms with Crippen molar-refractivity contribution in [2.24, 2.45) is 0 Å². The van der Waals surface area contributed by atoms with E-state index in [1.165, 1.54) is 19.9 Å². The number of hydrogen-bond acceptors (Lipinski definition) is 7. The minimum Gasteiger partial charge on any atom is -0.461 e. The number of hydrogen-bond donors (Lipinski definition) is 1. The van der Waals surface area contributed by atoms with Crippen LogP contribution in [-0.2, 0) is 32.3 Å². The molecule has 0 spiro atoms. The van der Waals surface area contributed by atoms with Crippen molar-refractivity contribution in [2.45, 2.75) is 27.1 Å². The fourth-order valence-electron chi connectivity index (χ4n) is 2.57. The summed E-state index contributed by atoms with van der Waals surface area (Å²) >= 11 is 0. The van der Waals surface area contributed by atoms with Crippen LogP contribution in [0.25, 0.3) is 0 Å². The second-order valence-electron chi connectivity index (χ2n) is 5.60. The molecule has 0 saturated carbocycles. The number of ether oxygens (including phenoxy) is 2. The van der Waals surface area contributed by atoms with E-state index < -0.39 is 11.9 Å². The summed E-state index contributed by atoms with van der Waals surface area (Å²) in [5, 5.41) is 0. The van der Waals surface area contributed by atoms with Gasteiger partial charge in [0.2, 0.25) is 11.6 Å². The summed E-state index contributed by atoms with van der Waals surface area (Å²) in [6, 6.07) is 0. The van der Waals surface area contributed by atoms with E-state index in [2.05, 4.69) is 4.98 Å². The predicted molar refractivity (Wildman–Crippen MR) is 80.0 cm³/mol. The van der Waals surface area contributed by atoms with Gasteiger partial charge in [0, 0.05) is 38.6 Å². The van der Waals surface area contributed by atoms with Crippen LogP contribution < -0.4 is 0 Å². The van der Waals surface area contributed by atoms with Gasteiger partial charge in [-0.3, -0.25) is 19.2 Å². The summed E-state index contributed by atoms with van der Waals surface area (Å²) in [5.74, 6) is -1.64. The van der Waals surface area contributed by atoms with E-state index >= 15 is 0 Å². The Hall–Kier alpha value is -2.90. The zero-order valence-corrected chi connectivity index (χ0v) is 13.3. The third-order valence-corrected chi connectivity index (χ3v) is 3.79. The van der Waals surface area contributed by atoms with Crippen LogP contribution in [0.2, 0.25) is 0 Å². The summed E-state index contributed by atoms with van der Waals surface area (Å²) in [6.45, 7) is 3.64. The van der Waals surface area contributed by atoms with E-state index in [9.17, 15) is 19.2 Å². The number of fused-ring (bicyclic) bond motifs is 1. The molecule has 1 saturated heterocycles. The van der Waals surface area contributed by atoms with Crippen molar-refractivity contribution >= 4 is 23.5 Å². The van der Waals surface area contributed by atoms with Crippen LogP contribution in [0.1, 0.15) is 46.0 Å². The molecule has 24 heavy (non-hydrogen) atoms. The molecule has 0 unspecified atom stereocenters. The van der Waals surface area contributed by atoms with Crippen LogP contribution in [0.3, 0.4) is 0 Å². The van der Waals surface area contributed by atoms with Gasteiger partial charge in [-0.05, 0) is 0 Å². The number of carbonyl (C=O) groups excluding carboxylic acids is 4. The number of H-pyrrole nitrogens is 1.